The van der Waals surface area contributed by atoms with E-state index in [1.165, 1.54) is 6.08 Å². The maximum Gasteiger partial charge on any atom is 0.244 e. The molecule has 5 rings (SSSR count). The van der Waals surface area contributed by atoms with Crippen molar-refractivity contribution in [3.63, 3.8) is 0 Å². The van der Waals surface area contributed by atoms with Crippen molar-refractivity contribution < 1.29 is 14.3 Å². The fourth-order valence-electron chi connectivity index (χ4n) is 3.82. The van der Waals surface area contributed by atoms with Crippen LogP contribution in [0, 0.1) is 0 Å². The summed E-state index contributed by atoms with van der Waals surface area (Å²) in [6.45, 7) is 4.11. The van der Waals surface area contributed by atoms with E-state index in [2.05, 4.69) is 10.3 Å². The summed E-state index contributed by atoms with van der Waals surface area (Å²) in [7, 11) is 0. The van der Waals surface area contributed by atoms with Gasteiger partial charge in [0.05, 0.1) is 11.2 Å². The quantitative estimate of drug-likeness (QED) is 0.428. The summed E-state index contributed by atoms with van der Waals surface area (Å²) < 4.78 is 12.7. The number of carbonyl (C=O) groups excluding carboxylic acids is 1. The zero-order chi connectivity index (χ0) is 23.5. The number of pyridine rings is 1. The van der Waals surface area contributed by atoms with Gasteiger partial charge in [-0.1, -0.05) is 24.3 Å². The van der Waals surface area contributed by atoms with Gasteiger partial charge in [-0.2, -0.15) is 5.10 Å². The second-order valence-corrected chi connectivity index (χ2v) is 8.47. The molecule has 0 saturated carbocycles. The molecule has 0 fully saturated rings. The van der Waals surface area contributed by atoms with Gasteiger partial charge in [0.25, 0.3) is 0 Å². The van der Waals surface area contributed by atoms with Gasteiger partial charge < -0.3 is 14.8 Å². The highest BCUT2D eigenvalue weighted by molar-refractivity contribution is 5.93. The first-order chi connectivity index (χ1) is 16.5. The first-order valence-electron chi connectivity index (χ1n) is 11.0. The number of hydrogen-bond acceptors (Lipinski definition) is 5. The maximum absolute atomic E-state index is 12.9. The topological polar surface area (TPSA) is 78.3 Å². The number of nitrogens with zero attached hydrogens (tertiary/aromatic N) is 3. The van der Waals surface area contributed by atoms with Crippen LogP contribution in [-0.2, 0) is 10.3 Å². The predicted molar refractivity (Wildman–Crippen MR) is 130 cm³/mol. The third-order valence-electron chi connectivity index (χ3n) is 5.64. The Morgan fingerprint density at radius 3 is 2.68 bits per heavy atom. The lowest BCUT2D eigenvalue weighted by Gasteiger charge is -2.26. The Hall–Kier alpha value is -4.39. The molecule has 3 heterocycles. The van der Waals surface area contributed by atoms with Gasteiger partial charge in [-0.25, -0.2) is 4.68 Å². The summed E-state index contributed by atoms with van der Waals surface area (Å²) in [5.41, 5.74) is 3.68. The molecule has 0 unspecified atom stereocenters. The van der Waals surface area contributed by atoms with Gasteiger partial charge in [0, 0.05) is 35.8 Å². The standard InChI is InChI=1S/C27H24N4O3/c1-27(2,21-11-12-23-24(15-21)34-18-33-23)29-25(32)13-10-20-17-31(22-8-4-3-5-9-22)30-26(20)19-7-6-14-28-16-19/h3-17H,18H2,1-2H3,(H,29,32)/b13-10+. The molecule has 2 aromatic heterocycles. The molecule has 0 atom stereocenters. The Bertz CT molecular complexity index is 1350. The molecule has 7 heteroatoms. The van der Waals surface area contributed by atoms with Crippen LogP contribution in [0.25, 0.3) is 23.0 Å². The largest absolute Gasteiger partial charge is 0.454 e. The van der Waals surface area contributed by atoms with Gasteiger partial charge >= 0.3 is 0 Å². The number of hydrogen-bond donors (Lipinski definition) is 1. The molecule has 0 radical (unpaired) electrons. The van der Waals surface area contributed by atoms with Crippen molar-refractivity contribution in [3.8, 4) is 28.4 Å². The number of aromatic nitrogens is 3. The lowest BCUT2D eigenvalue weighted by molar-refractivity contribution is -0.118. The van der Waals surface area contributed by atoms with Crippen LogP contribution in [0.1, 0.15) is 25.0 Å². The number of nitrogens with one attached hydrogen (secondary N) is 1. The summed E-state index contributed by atoms with van der Waals surface area (Å²) in [6, 6.07) is 19.3. The van der Waals surface area contributed by atoms with Crippen molar-refractivity contribution in [1.29, 1.82) is 0 Å². The van der Waals surface area contributed by atoms with Crippen LogP contribution < -0.4 is 14.8 Å². The van der Waals surface area contributed by atoms with Gasteiger partial charge in [0.15, 0.2) is 11.5 Å². The van der Waals surface area contributed by atoms with E-state index < -0.39 is 5.54 Å². The number of fused-ring (bicyclic) bond motifs is 1. The van der Waals surface area contributed by atoms with E-state index in [0.717, 1.165) is 28.1 Å². The van der Waals surface area contributed by atoms with Crippen molar-refractivity contribution in [3.05, 3.63) is 96.5 Å². The number of carbonyl (C=O) groups is 1. The van der Waals surface area contributed by atoms with Gasteiger partial charge in [0.2, 0.25) is 12.7 Å². The average molecular weight is 453 g/mol. The lowest BCUT2D eigenvalue weighted by atomic mass is 9.93. The van der Waals surface area contributed by atoms with E-state index in [4.69, 9.17) is 14.6 Å². The van der Waals surface area contributed by atoms with E-state index >= 15 is 0 Å². The molecule has 1 N–H and O–H groups in total. The smallest absolute Gasteiger partial charge is 0.244 e. The van der Waals surface area contributed by atoms with Crippen molar-refractivity contribution in [2.45, 2.75) is 19.4 Å². The van der Waals surface area contributed by atoms with Crippen molar-refractivity contribution in [2.24, 2.45) is 0 Å². The molecule has 0 saturated heterocycles. The second kappa shape index (κ2) is 8.86. The summed E-state index contributed by atoms with van der Waals surface area (Å²) in [6.07, 6.45) is 8.70. The fraction of sp³-hybridized carbons (Fsp3) is 0.148. The van der Waals surface area contributed by atoms with Gasteiger partial charge in [0.1, 0.15) is 5.69 Å². The van der Waals surface area contributed by atoms with Gasteiger partial charge in [-0.15, -0.1) is 0 Å². The normalized spacial score (nSPS) is 12.8. The highest BCUT2D eigenvalue weighted by Gasteiger charge is 2.25. The molecule has 1 aliphatic heterocycles. The number of rotatable bonds is 6. The van der Waals surface area contributed by atoms with Crippen molar-refractivity contribution >= 4 is 12.0 Å². The van der Waals surface area contributed by atoms with E-state index in [1.54, 1.807) is 23.2 Å². The molecule has 1 aliphatic rings. The predicted octanol–water partition coefficient (Wildman–Crippen LogP) is 4.73. The Morgan fingerprint density at radius 1 is 1.06 bits per heavy atom. The monoisotopic (exact) mass is 452 g/mol. The minimum atomic E-state index is -0.608. The Labute approximate surface area is 197 Å². The fourth-order valence-corrected chi connectivity index (χ4v) is 3.82. The Morgan fingerprint density at radius 2 is 1.88 bits per heavy atom. The number of ether oxygens (including phenoxy) is 2. The first kappa shape index (κ1) is 21.5. The molecule has 0 bridgehead atoms. The number of benzene rings is 2. The van der Waals surface area contributed by atoms with Gasteiger partial charge in [-0.3, -0.25) is 9.78 Å². The molecule has 0 spiro atoms. The summed E-state index contributed by atoms with van der Waals surface area (Å²) in [4.78, 5) is 17.1. The molecule has 170 valence electrons. The zero-order valence-corrected chi connectivity index (χ0v) is 18.9. The van der Waals surface area contributed by atoms with Crippen LogP contribution in [0.2, 0.25) is 0 Å². The first-order valence-corrected chi connectivity index (χ1v) is 11.0. The highest BCUT2D eigenvalue weighted by atomic mass is 16.7. The molecule has 2 aromatic carbocycles. The molecule has 1 amide bonds. The lowest BCUT2D eigenvalue weighted by Crippen LogP contribution is -2.40. The van der Waals surface area contributed by atoms with E-state index in [-0.39, 0.29) is 12.7 Å². The molecule has 4 aromatic rings. The number of para-hydroxylation sites is 1. The summed E-state index contributed by atoms with van der Waals surface area (Å²) in [5, 5.41) is 7.82. The number of amides is 1. The zero-order valence-electron chi connectivity index (χ0n) is 18.9. The third kappa shape index (κ3) is 4.41. The Kier molecular flexibility index (Phi) is 5.59. The van der Waals surface area contributed by atoms with Crippen molar-refractivity contribution in [1.82, 2.24) is 20.1 Å². The van der Waals surface area contributed by atoms with E-state index in [0.29, 0.717) is 11.5 Å². The van der Waals surface area contributed by atoms with E-state index in [1.807, 2.05) is 80.7 Å². The maximum atomic E-state index is 12.9. The highest BCUT2D eigenvalue weighted by Crippen LogP contribution is 2.35. The van der Waals surface area contributed by atoms with Crippen LogP contribution in [0.4, 0.5) is 0 Å². The van der Waals surface area contributed by atoms with Crippen LogP contribution in [-0.4, -0.2) is 27.5 Å². The average Bonchev–Trinajstić information content (AvgIpc) is 3.50. The minimum absolute atomic E-state index is 0.213. The molecule has 0 aliphatic carbocycles. The second-order valence-electron chi connectivity index (χ2n) is 8.47. The van der Waals surface area contributed by atoms with Crippen LogP contribution in [0.3, 0.4) is 0 Å². The molecular weight excluding hydrogens is 428 g/mol. The van der Waals surface area contributed by atoms with Crippen LogP contribution >= 0.6 is 0 Å². The van der Waals surface area contributed by atoms with Crippen molar-refractivity contribution in [2.75, 3.05) is 6.79 Å². The molecular formula is C27H24N4O3. The third-order valence-corrected chi connectivity index (χ3v) is 5.64. The Balaban J connectivity index is 1.39. The van der Waals surface area contributed by atoms with Crippen LogP contribution in [0.5, 0.6) is 11.5 Å². The molecule has 7 nitrogen and oxygen atoms in total. The van der Waals surface area contributed by atoms with Crippen LogP contribution in [0.15, 0.2) is 85.3 Å². The molecule has 34 heavy (non-hydrogen) atoms. The summed E-state index contributed by atoms with van der Waals surface area (Å²) in [5.74, 6) is 1.18. The SMILES string of the molecule is CC(C)(NC(=O)/C=C/c1cn(-c2ccccc2)nc1-c1cccnc1)c1ccc2c(c1)OCO2. The minimum Gasteiger partial charge on any atom is -0.454 e. The summed E-state index contributed by atoms with van der Waals surface area (Å²) >= 11 is 0. The van der Waals surface area contributed by atoms with E-state index in [9.17, 15) is 4.79 Å². The van der Waals surface area contributed by atoms with Gasteiger partial charge in [-0.05, 0) is 61.9 Å².